The van der Waals surface area contributed by atoms with Crippen LogP contribution in [0.5, 0.6) is 0 Å². The molecule has 2 rings (SSSR count). The summed E-state index contributed by atoms with van der Waals surface area (Å²) in [4.78, 5) is 0. The molecule has 18 heavy (non-hydrogen) atoms. The standard InChI is InChI=1S/C15H27N3/c1-4-9-16-15(10-13-7-5-6-8-13)14-11-18(3)17-12(14)2/h11,13,15-16H,4-10H2,1-3H3. The topological polar surface area (TPSA) is 29.9 Å². The molecule has 1 N–H and O–H groups in total. The van der Waals surface area contributed by atoms with Crippen LogP contribution in [0, 0.1) is 12.8 Å². The van der Waals surface area contributed by atoms with E-state index in [1.54, 1.807) is 0 Å². The molecule has 0 saturated heterocycles. The third kappa shape index (κ3) is 3.35. The largest absolute Gasteiger partial charge is 0.310 e. The molecule has 1 saturated carbocycles. The second kappa shape index (κ2) is 6.37. The van der Waals surface area contributed by atoms with Gasteiger partial charge in [-0.3, -0.25) is 4.68 Å². The molecule has 1 atom stereocenters. The highest BCUT2D eigenvalue weighted by Gasteiger charge is 2.23. The monoisotopic (exact) mass is 249 g/mol. The van der Waals surface area contributed by atoms with Gasteiger partial charge in [-0.2, -0.15) is 5.10 Å². The third-order valence-electron chi connectivity index (χ3n) is 4.11. The highest BCUT2D eigenvalue weighted by molar-refractivity contribution is 5.20. The fraction of sp³-hybridized carbons (Fsp3) is 0.800. The van der Waals surface area contributed by atoms with Gasteiger partial charge in [-0.05, 0) is 32.2 Å². The minimum Gasteiger partial charge on any atom is -0.310 e. The smallest absolute Gasteiger partial charge is 0.0641 e. The Morgan fingerprint density at radius 2 is 2.17 bits per heavy atom. The average molecular weight is 249 g/mol. The number of nitrogens with zero attached hydrogens (tertiary/aromatic N) is 2. The average Bonchev–Trinajstić information content (AvgIpc) is 2.94. The Kier molecular flexibility index (Phi) is 4.81. The van der Waals surface area contributed by atoms with E-state index in [2.05, 4.69) is 30.5 Å². The molecule has 3 heteroatoms. The highest BCUT2D eigenvalue weighted by atomic mass is 15.3. The summed E-state index contributed by atoms with van der Waals surface area (Å²) >= 11 is 0. The van der Waals surface area contributed by atoms with Crippen LogP contribution in [-0.2, 0) is 7.05 Å². The second-order valence-corrected chi connectivity index (χ2v) is 5.74. The van der Waals surface area contributed by atoms with Crippen molar-refractivity contribution in [3.05, 3.63) is 17.5 Å². The molecule has 0 bridgehead atoms. The van der Waals surface area contributed by atoms with Crippen LogP contribution in [0.4, 0.5) is 0 Å². The van der Waals surface area contributed by atoms with Crippen LogP contribution in [-0.4, -0.2) is 16.3 Å². The molecule has 0 radical (unpaired) electrons. The van der Waals surface area contributed by atoms with Gasteiger partial charge >= 0.3 is 0 Å². The summed E-state index contributed by atoms with van der Waals surface area (Å²) in [5.41, 5.74) is 2.59. The zero-order chi connectivity index (χ0) is 13.0. The van der Waals surface area contributed by atoms with Crippen molar-refractivity contribution in [2.45, 2.75) is 58.4 Å². The van der Waals surface area contributed by atoms with Crippen LogP contribution in [0.25, 0.3) is 0 Å². The summed E-state index contributed by atoms with van der Waals surface area (Å²) in [6.07, 6.45) is 10.4. The van der Waals surface area contributed by atoms with E-state index >= 15 is 0 Å². The Balaban J connectivity index is 2.05. The van der Waals surface area contributed by atoms with E-state index in [0.29, 0.717) is 6.04 Å². The fourth-order valence-corrected chi connectivity index (χ4v) is 3.18. The van der Waals surface area contributed by atoms with Crippen LogP contribution in [0.2, 0.25) is 0 Å². The normalized spacial score (nSPS) is 18.4. The number of rotatable bonds is 6. The summed E-state index contributed by atoms with van der Waals surface area (Å²) in [6.45, 7) is 5.46. The number of hydrogen-bond acceptors (Lipinski definition) is 2. The van der Waals surface area contributed by atoms with Crippen LogP contribution in [0.1, 0.15) is 62.7 Å². The molecule has 3 nitrogen and oxygen atoms in total. The van der Waals surface area contributed by atoms with E-state index in [4.69, 9.17) is 0 Å². The van der Waals surface area contributed by atoms with Gasteiger partial charge in [0.1, 0.15) is 0 Å². The lowest BCUT2D eigenvalue weighted by Gasteiger charge is -2.21. The van der Waals surface area contributed by atoms with E-state index in [1.165, 1.54) is 49.8 Å². The van der Waals surface area contributed by atoms with Crippen molar-refractivity contribution in [3.8, 4) is 0 Å². The highest BCUT2D eigenvalue weighted by Crippen LogP contribution is 2.33. The van der Waals surface area contributed by atoms with Crippen molar-refractivity contribution in [1.82, 2.24) is 15.1 Å². The summed E-state index contributed by atoms with van der Waals surface area (Å²) < 4.78 is 1.94. The number of hydrogen-bond donors (Lipinski definition) is 1. The van der Waals surface area contributed by atoms with Gasteiger partial charge in [0.2, 0.25) is 0 Å². The fourth-order valence-electron chi connectivity index (χ4n) is 3.18. The molecule has 102 valence electrons. The van der Waals surface area contributed by atoms with Gasteiger partial charge in [-0.15, -0.1) is 0 Å². The first kappa shape index (κ1) is 13.6. The quantitative estimate of drug-likeness (QED) is 0.838. The predicted octanol–water partition coefficient (Wildman–Crippen LogP) is 3.35. The molecule has 1 fully saturated rings. The van der Waals surface area contributed by atoms with Gasteiger partial charge in [0.15, 0.2) is 0 Å². The molecule has 1 unspecified atom stereocenters. The zero-order valence-electron chi connectivity index (χ0n) is 12.1. The van der Waals surface area contributed by atoms with Crippen LogP contribution in [0.15, 0.2) is 6.20 Å². The van der Waals surface area contributed by atoms with Crippen LogP contribution < -0.4 is 5.32 Å². The van der Waals surface area contributed by atoms with Crippen LogP contribution in [0.3, 0.4) is 0 Å². The van der Waals surface area contributed by atoms with Gasteiger partial charge < -0.3 is 5.32 Å². The van der Waals surface area contributed by atoms with Crippen LogP contribution >= 0.6 is 0 Å². The number of nitrogens with one attached hydrogen (secondary N) is 1. The lowest BCUT2D eigenvalue weighted by atomic mass is 9.94. The molecule has 0 amide bonds. The summed E-state index contributed by atoms with van der Waals surface area (Å²) in [5.74, 6) is 0.916. The SMILES string of the molecule is CCCNC(CC1CCCC1)c1cn(C)nc1C. The van der Waals surface area contributed by atoms with Gasteiger partial charge in [-0.25, -0.2) is 0 Å². The molecule has 0 aromatic carbocycles. The molecule has 1 aromatic heterocycles. The van der Waals surface area contributed by atoms with Crippen molar-refractivity contribution in [2.24, 2.45) is 13.0 Å². The van der Waals surface area contributed by atoms with Crippen molar-refractivity contribution < 1.29 is 0 Å². The van der Waals surface area contributed by atoms with Gasteiger partial charge in [-0.1, -0.05) is 32.6 Å². The first-order chi connectivity index (χ1) is 8.70. The Morgan fingerprint density at radius 3 is 2.72 bits per heavy atom. The first-order valence-corrected chi connectivity index (χ1v) is 7.44. The Hall–Kier alpha value is -0.830. The van der Waals surface area contributed by atoms with E-state index in [0.717, 1.165) is 12.5 Å². The number of aryl methyl sites for hydroxylation is 2. The molecule has 1 aliphatic rings. The Morgan fingerprint density at radius 1 is 1.44 bits per heavy atom. The maximum absolute atomic E-state index is 4.49. The second-order valence-electron chi connectivity index (χ2n) is 5.74. The van der Waals surface area contributed by atoms with E-state index in [-0.39, 0.29) is 0 Å². The molecule has 1 aliphatic carbocycles. The van der Waals surface area contributed by atoms with Crippen molar-refractivity contribution in [3.63, 3.8) is 0 Å². The zero-order valence-corrected chi connectivity index (χ0v) is 12.1. The predicted molar refractivity (Wildman–Crippen MR) is 75.6 cm³/mol. The minimum absolute atomic E-state index is 0.502. The maximum Gasteiger partial charge on any atom is 0.0641 e. The third-order valence-corrected chi connectivity index (χ3v) is 4.11. The molecule has 0 spiro atoms. The Labute approximate surface area is 111 Å². The molecular weight excluding hydrogens is 222 g/mol. The first-order valence-electron chi connectivity index (χ1n) is 7.44. The van der Waals surface area contributed by atoms with Gasteiger partial charge in [0, 0.05) is 24.8 Å². The lowest BCUT2D eigenvalue weighted by molar-refractivity contribution is 0.394. The van der Waals surface area contributed by atoms with E-state index in [9.17, 15) is 0 Å². The molecule has 1 aromatic rings. The Bertz CT molecular complexity index is 364. The van der Waals surface area contributed by atoms with E-state index < -0.39 is 0 Å². The molecule has 1 heterocycles. The van der Waals surface area contributed by atoms with Gasteiger partial charge in [0.25, 0.3) is 0 Å². The maximum atomic E-state index is 4.49. The minimum atomic E-state index is 0.502. The van der Waals surface area contributed by atoms with Crippen molar-refractivity contribution in [2.75, 3.05) is 6.54 Å². The molecular formula is C15H27N3. The summed E-state index contributed by atoms with van der Waals surface area (Å²) in [7, 11) is 2.02. The lowest BCUT2D eigenvalue weighted by Crippen LogP contribution is -2.24. The van der Waals surface area contributed by atoms with Crippen molar-refractivity contribution in [1.29, 1.82) is 0 Å². The summed E-state index contributed by atoms with van der Waals surface area (Å²) in [6, 6.07) is 0.502. The molecule has 0 aliphatic heterocycles. The number of aromatic nitrogens is 2. The van der Waals surface area contributed by atoms with Gasteiger partial charge in [0.05, 0.1) is 5.69 Å². The van der Waals surface area contributed by atoms with E-state index in [1.807, 2.05) is 11.7 Å². The van der Waals surface area contributed by atoms with Crippen molar-refractivity contribution >= 4 is 0 Å². The summed E-state index contributed by atoms with van der Waals surface area (Å²) in [5, 5.41) is 8.20.